The van der Waals surface area contributed by atoms with E-state index in [0.717, 1.165) is 19.6 Å². The van der Waals surface area contributed by atoms with Crippen LogP contribution in [0.15, 0.2) is 49.1 Å². The molecule has 304 valence electrons. The van der Waals surface area contributed by atoms with E-state index in [2.05, 4.69) is 49.1 Å². The number of unbranched alkanes of at least 4 members (excludes halogenated alkanes) is 34. The van der Waals surface area contributed by atoms with E-state index in [-0.39, 0.29) is 6.29 Å². The number of ether oxygens (including phenoxy) is 2. The summed E-state index contributed by atoms with van der Waals surface area (Å²) < 4.78 is 11.0. The van der Waals surface area contributed by atoms with Gasteiger partial charge in [-0.05, 0) is 103 Å². The zero-order valence-electron chi connectivity index (χ0n) is 35.1. The third-order valence-corrected chi connectivity index (χ3v) is 11.0. The molecule has 1 heterocycles. The Morgan fingerprint density at radius 1 is 0.288 bits per heavy atom. The zero-order valence-corrected chi connectivity index (χ0v) is 35.1. The minimum atomic E-state index is 0.0992. The van der Waals surface area contributed by atoms with Crippen LogP contribution in [0.5, 0.6) is 0 Å². The highest BCUT2D eigenvalue weighted by Gasteiger charge is 2.14. The van der Waals surface area contributed by atoms with Gasteiger partial charge >= 0.3 is 0 Å². The molecule has 2 heteroatoms. The summed E-state index contributed by atoms with van der Waals surface area (Å²) in [5.41, 5.74) is 0. The largest absolute Gasteiger partial charge is 0.350 e. The molecule has 0 radical (unpaired) electrons. The number of hydrogen-bond donors (Lipinski definition) is 0. The molecule has 2 nitrogen and oxygen atoms in total. The van der Waals surface area contributed by atoms with Gasteiger partial charge in [-0.2, -0.15) is 0 Å². The topological polar surface area (TPSA) is 18.5 Å². The summed E-state index contributed by atoms with van der Waals surface area (Å²) in [7, 11) is 0. The summed E-state index contributed by atoms with van der Waals surface area (Å²) in [6.45, 7) is 5.38. The molecule has 0 aromatic rings. The van der Waals surface area contributed by atoms with Crippen LogP contribution >= 0.6 is 0 Å². The average Bonchev–Trinajstić information content (AvgIpc) is 3.68. The monoisotopic (exact) mass is 725 g/mol. The van der Waals surface area contributed by atoms with Crippen LogP contribution in [0.2, 0.25) is 0 Å². The number of rotatable bonds is 43. The summed E-state index contributed by atoms with van der Waals surface area (Å²) in [4.78, 5) is 0. The van der Waals surface area contributed by atoms with Crippen molar-refractivity contribution in [1.82, 2.24) is 0 Å². The van der Waals surface area contributed by atoms with E-state index in [9.17, 15) is 0 Å². The molecule has 0 amide bonds. The van der Waals surface area contributed by atoms with Crippen molar-refractivity contribution >= 4 is 0 Å². The quantitative estimate of drug-likeness (QED) is 0.0460. The van der Waals surface area contributed by atoms with Crippen molar-refractivity contribution in [2.24, 2.45) is 0 Å². The van der Waals surface area contributed by atoms with Gasteiger partial charge in [-0.1, -0.05) is 190 Å². The maximum Gasteiger partial charge on any atom is 0.157 e. The number of allylic oxidation sites excluding steroid dienone is 7. The van der Waals surface area contributed by atoms with Gasteiger partial charge in [0.05, 0.1) is 13.2 Å². The van der Waals surface area contributed by atoms with Gasteiger partial charge in [0.1, 0.15) is 0 Å². The Morgan fingerprint density at radius 2 is 0.500 bits per heavy atom. The second-order valence-corrected chi connectivity index (χ2v) is 16.1. The van der Waals surface area contributed by atoms with Gasteiger partial charge in [0.2, 0.25) is 0 Å². The SMILES string of the molecule is C=CCCCCCCCCC/C=C/CCCCCCCCCC/C=C/CCCCCCCCCC/C=C/CCCCCCCCCCC1OCCO1. The Kier molecular flexibility index (Phi) is 41.6. The van der Waals surface area contributed by atoms with E-state index in [0.29, 0.717) is 0 Å². The first-order chi connectivity index (χ1) is 25.9. The fraction of sp³-hybridized carbons (Fsp3) is 0.840. The molecule has 0 saturated carbocycles. The molecule has 0 aliphatic carbocycles. The molecule has 1 aliphatic rings. The zero-order chi connectivity index (χ0) is 36.9. The van der Waals surface area contributed by atoms with Gasteiger partial charge in [-0.25, -0.2) is 0 Å². The third-order valence-electron chi connectivity index (χ3n) is 11.0. The van der Waals surface area contributed by atoms with Crippen LogP contribution in [0.3, 0.4) is 0 Å². The lowest BCUT2D eigenvalue weighted by molar-refractivity contribution is -0.0480. The normalized spacial score (nSPS) is 13.9. The molecule has 0 aromatic carbocycles. The molecule has 0 aromatic heterocycles. The molecule has 0 bridgehead atoms. The van der Waals surface area contributed by atoms with Crippen molar-refractivity contribution in [2.45, 2.75) is 257 Å². The van der Waals surface area contributed by atoms with Crippen molar-refractivity contribution in [3.8, 4) is 0 Å². The van der Waals surface area contributed by atoms with Crippen molar-refractivity contribution in [1.29, 1.82) is 0 Å². The van der Waals surface area contributed by atoms with E-state index >= 15 is 0 Å². The first-order valence-corrected chi connectivity index (χ1v) is 23.7. The second kappa shape index (κ2) is 44.3. The molecule has 0 unspecified atom stereocenters. The predicted molar refractivity (Wildman–Crippen MR) is 233 cm³/mol. The summed E-state index contributed by atoms with van der Waals surface area (Å²) in [6.07, 6.45) is 70.4. The van der Waals surface area contributed by atoms with Crippen LogP contribution in [-0.4, -0.2) is 19.5 Å². The molecular weight excluding hydrogens is 633 g/mol. The fourth-order valence-electron chi connectivity index (χ4n) is 7.52. The van der Waals surface area contributed by atoms with Crippen LogP contribution in [0.25, 0.3) is 0 Å². The van der Waals surface area contributed by atoms with Crippen LogP contribution in [-0.2, 0) is 9.47 Å². The van der Waals surface area contributed by atoms with Gasteiger partial charge in [-0.15, -0.1) is 6.58 Å². The standard InChI is InChI=1S/C50H92O2/c1-2-3-4-5-6-7-8-9-10-11-12-13-14-15-16-17-18-19-20-21-22-23-24-25-26-27-28-29-30-31-32-33-34-35-36-37-38-39-40-41-42-43-44-45-46-47-50-51-48-49-52-50/h2,12-13,24-25,36-37,50H,1,3-11,14-23,26-35,38-49H2/b13-12+,25-24+,37-36+. The van der Waals surface area contributed by atoms with Crippen molar-refractivity contribution < 1.29 is 9.47 Å². The van der Waals surface area contributed by atoms with E-state index in [1.165, 1.54) is 244 Å². The molecule has 1 aliphatic heterocycles. The lowest BCUT2D eigenvalue weighted by Crippen LogP contribution is -2.06. The predicted octanol–water partition coefficient (Wildman–Crippen LogP) is 17.4. The first kappa shape index (κ1) is 48.9. The Hall–Kier alpha value is -1.12. The maximum absolute atomic E-state index is 5.50. The summed E-state index contributed by atoms with van der Waals surface area (Å²) in [5.74, 6) is 0. The molecule has 1 fully saturated rings. The van der Waals surface area contributed by atoms with Gasteiger partial charge in [0.25, 0.3) is 0 Å². The first-order valence-electron chi connectivity index (χ1n) is 23.7. The van der Waals surface area contributed by atoms with E-state index in [1.54, 1.807) is 0 Å². The lowest BCUT2D eigenvalue weighted by Gasteiger charge is -2.08. The molecule has 0 N–H and O–H groups in total. The highest BCUT2D eigenvalue weighted by atomic mass is 16.7. The third kappa shape index (κ3) is 40.1. The lowest BCUT2D eigenvalue weighted by atomic mass is 10.0. The smallest absolute Gasteiger partial charge is 0.157 e. The van der Waals surface area contributed by atoms with Crippen LogP contribution in [0.1, 0.15) is 250 Å². The van der Waals surface area contributed by atoms with E-state index in [4.69, 9.17) is 9.47 Å². The van der Waals surface area contributed by atoms with Crippen LogP contribution in [0, 0.1) is 0 Å². The molecule has 1 rings (SSSR count). The van der Waals surface area contributed by atoms with Gasteiger partial charge < -0.3 is 9.47 Å². The number of hydrogen-bond acceptors (Lipinski definition) is 2. The summed E-state index contributed by atoms with van der Waals surface area (Å²) in [6, 6.07) is 0. The summed E-state index contributed by atoms with van der Waals surface area (Å²) >= 11 is 0. The Labute approximate surface area is 327 Å². The molecule has 1 saturated heterocycles. The average molecular weight is 725 g/mol. The van der Waals surface area contributed by atoms with Crippen LogP contribution in [0.4, 0.5) is 0 Å². The molecule has 0 atom stereocenters. The minimum absolute atomic E-state index is 0.0992. The Bertz CT molecular complexity index is 760. The van der Waals surface area contributed by atoms with Gasteiger partial charge in [0.15, 0.2) is 6.29 Å². The highest BCUT2D eigenvalue weighted by molar-refractivity contribution is 4.83. The minimum Gasteiger partial charge on any atom is -0.350 e. The van der Waals surface area contributed by atoms with E-state index < -0.39 is 0 Å². The molecular formula is C50H92O2. The molecule has 0 spiro atoms. The van der Waals surface area contributed by atoms with E-state index in [1.807, 2.05) is 0 Å². The maximum atomic E-state index is 5.50. The van der Waals surface area contributed by atoms with Crippen molar-refractivity contribution in [2.75, 3.05) is 13.2 Å². The van der Waals surface area contributed by atoms with Crippen LogP contribution < -0.4 is 0 Å². The second-order valence-electron chi connectivity index (χ2n) is 16.1. The summed E-state index contributed by atoms with van der Waals surface area (Å²) in [5, 5.41) is 0. The highest BCUT2D eigenvalue weighted by Crippen LogP contribution is 2.17. The van der Waals surface area contributed by atoms with Gasteiger partial charge in [0, 0.05) is 0 Å². The Balaban J connectivity index is 1.65. The fourth-order valence-corrected chi connectivity index (χ4v) is 7.52. The van der Waals surface area contributed by atoms with Gasteiger partial charge in [-0.3, -0.25) is 0 Å². The van der Waals surface area contributed by atoms with Crippen molar-refractivity contribution in [3.05, 3.63) is 49.1 Å². The molecule has 52 heavy (non-hydrogen) atoms. The van der Waals surface area contributed by atoms with Crippen molar-refractivity contribution in [3.63, 3.8) is 0 Å². The Morgan fingerprint density at radius 3 is 0.750 bits per heavy atom.